The van der Waals surface area contributed by atoms with Crippen molar-refractivity contribution in [1.29, 1.82) is 0 Å². The van der Waals surface area contributed by atoms with Crippen molar-refractivity contribution in [3.8, 4) is 11.4 Å². The van der Waals surface area contributed by atoms with Gasteiger partial charge in [0.1, 0.15) is 0 Å². The summed E-state index contributed by atoms with van der Waals surface area (Å²) in [6.07, 6.45) is 0.180. The molecule has 6 nitrogen and oxygen atoms in total. The van der Waals surface area contributed by atoms with E-state index in [0.717, 1.165) is 5.56 Å². The maximum atomic E-state index is 12.1. The van der Waals surface area contributed by atoms with Gasteiger partial charge in [0.25, 0.3) is 0 Å². The summed E-state index contributed by atoms with van der Waals surface area (Å²) in [6, 6.07) is 11.4. The van der Waals surface area contributed by atoms with E-state index >= 15 is 0 Å². The zero-order valence-electron chi connectivity index (χ0n) is 14.3. The van der Waals surface area contributed by atoms with Gasteiger partial charge in [-0.2, -0.15) is 4.98 Å². The van der Waals surface area contributed by atoms with E-state index in [1.54, 1.807) is 24.3 Å². The molecule has 144 valence electrons. The van der Waals surface area contributed by atoms with Crippen LogP contribution in [0.15, 0.2) is 47.0 Å². The maximum absolute atomic E-state index is 12.1. The van der Waals surface area contributed by atoms with Crippen molar-refractivity contribution in [3.63, 3.8) is 0 Å². The van der Waals surface area contributed by atoms with Crippen LogP contribution in [0.3, 0.4) is 0 Å². The van der Waals surface area contributed by atoms with Crippen LogP contribution in [0, 0.1) is 0 Å². The molecule has 2 aromatic carbocycles. The third kappa shape index (κ3) is 5.32. The summed E-state index contributed by atoms with van der Waals surface area (Å²) >= 11 is 17.6. The Labute approximate surface area is 175 Å². The van der Waals surface area contributed by atoms with Crippen LogP contribution in [0.2, 0.25) is 15.1 Å². The first kappa shape index (κ1) is 20.3. The number of halogens is 3. The fourth-order valence-electron chi connectivity index (χ4n) is 2.29. The van der Waals surface area contributed by atoms with E-state index in [1.165, 1.54) is 18.2 Å². The van der Waals surface area contributed by atoms with Crippen LogP contribution >= 0.6 is 34.8 Å². The highest BCUT2D eigenvalue weighted by Crippen LogP contribution is 2.22. The minimum absolute atomic E-state index is 0.0100. The number of benzene rings is 2. The molecule has 0 bridgehead atoms. The van der Waals surface area contributed by atoms with Gasteiger partial charge < -0.3 is 9.26 Å². The normalized spacial score (nSPS) is 10.7. The lowest BCUT2D eigenvalue weighted by atomic mass is 10.1. The molecule has 9 heteroatoms. The number of ketones is 1. The van der Waals surface area contributed by atoms with Gasteiger partial charge in [0.15, 0.2) is 6.61 Å². The fourth-order valence-corrected chi connectivity index (χ4v) is 2.93. The highest BCUT2D eigenvalue weighted by atomic mass is 35.5. The molecule has 3 aromatic rings. The van der Waals surface area contributed by atoms with Gasteiger partial charge >= 0.3 is 5.97 Å². The largest absolute Gasteiger partial charge is 0.457 e. The third-order valence-electron chi connectivity index (χ3n) is 3.71. The van der Waals surface area contributed by atoms with Crippen molar-refractivity contribution in [2.75, 3.05) is 6.61 Å². The minimum atomic E-state index is -0.565. The molecule has 0 aliphatic heterocycles. The molecule has 1 heterocycles. The molecule has 0 aliphatic rings. The number of aryl methyl sites for hydroxylation is 1. The van der Waals surface area contributed by atoms with Crippen molar-refractivity contribution < 1.29 is 18.8 Å². The lowest BCUT2D eigenvalue weighted by Crippen LogP contribution is -2.15. The number of aromatic nitrogens is 2. The van der Waals surface area contributed by atoms with Crippen molar-refractivity contribution in [1.82, 2.24) is 10.1 Å². The predicted molar refractivity (Wildman–Crippen MR) is 105 cm³/mol. The van der Waals surface area contributed by atoms with Gasteiger partial charge in [-0.3, -0.25) is 9.59 Å². The van der Waals surface area contributed by atoms with Crippen molar-refractivity contribution in [3.05, 3.63) is 69.0 Å². The number of carbonyl (C=O) groups is 2. The standard InChI is InChI=1S/C19H13Cl3N2O4/c20-12-3-1-11(2-4-12)19-23-17(28-24-19)7-8-18(26)27-10-16(25)14-6-5-13(21)9-15(14)22/h1-6,9H,7-8,10H2. The lowest BCUT2D eigenvalue weighted by Gasteiger charge is -2.05. The first-order valence-corrected chi connectivity index (χ1v) is 9.28. The summed E-state index contributed by atoms with van der Waals surface area (Å²) in [6.45, 7) is -0.417. The van der Waals surface area contributed by atoms with Gasteiger partial charge in [-0.1, -0.05) is 40.0 Å². The molecule has 0 aliphatic carbocycles. The summed E-state index contributed by atoms with van der Waals surface area (Å²) in [5, 5.41) is 5.08. The van der Waals surface area contributed by atoms with Gasteiger partial charge in [0, 0.05) is 27.6 Å². The Morgan fingerprint density at radius 3 is 2.43 bits per heavy atom. The third-order valence-corrected chi connectivity index (χ3v) is 4.51. The van der Waals surface area contributed by atoms with Crippen molar-refractivity contribution in [2.45, 2.75) is 12.8 Å². The quantitative estimate of drug-likeness (QED) is 0.378. The first-order chi connectivity index (χ1) is 13.4. The van der Waals surface area contributed by atoms with E-state index in [-0.39, 0.29) is 29.3 Å². The second-order valence-electron chi connectivity index (χ2n) is 5.73. The van der Waals surface area contributed by atoms with E-state index in [0.29, 0.717) is 15.9 Å². The van der Waals surface area contributed by atoms with Crippen LogP contribution in [0.4, 0.5) is 0 Å². The average Bonchev–Trinajstić information content (AvgIpc) is 3.14. The number of esters is 1. The van der Waals surface area contributed by atoms with Gasteiger partial charge in [0.05, 0.1) is 11.4 Å². The molecule has 0 saturated heterocycles. The Hall–Kier alpha value is -2.41. The molecule has 0 fully saturated rings. The second-order valence-corrected chi connectivity index (χ2v) is 7.01. The molecule has 0 atom stereocenters. The highest BCUT2D eigenvalue weighted by molar-refractivity contribution is 6.36. The van der Waals surface area contributed by atoms with E-state index in [2.05, 4.69) is 10.1 Å². The molecule has 28 heavy (non-hydrogen) atoms. The number of Topliss-reactive ketones (excluding diaryl/α,β-unsaturated/α-hetero) is 1. The molecule has 0 amide bonds. The van der Waals surface area contributed by atoms with Crippen LogP contribution < -0.4 is 0 Å². The second kappa shape index (κ2) is 9.19. The highest BCUT2D eigenvalue weighted by Gasteiger charge is 2.15. The predicted octanol–water partition coefficient (Wildman–Crippen LogP) is 5.06. The van der Waals surface area contributed by atoms with Gasteiger partial charge in [-0.05, 0) is 42.5 Å². The molecule has 0 radical (unpaired) electrons. The van der Waals surface area contributed by atoms with Crippen molar-refractivity contribution in [2.24, 2.45) is 0 Å². The monoisotopic (exact) mass is 438 g/mol. The van der Waals surface area contributed by atoms with E-state index in [4.69, 9.17) is 44.1 Å². The molecule has 0 unspecified atom stereocenters. The Kier molecular flexibility index (Phi) is 6.67. The minimum Gasteiger partial charge on any atom is -0.457 e. The van der Waals surface area contributed by atoms with E-state index < -0.39 is 18.4 Å². The Balaban J connectivity index is 1.49. The number of carbonyl (C=O) groups excluding carboxylic acids is 2. The first-order valence-electron chi connectivity index (χ1n) is 8.15. The van der Waals surface area contributed by atoms with Crippen molar-refractivity contribution >= 4 is 46.6 Å². The summed E-state index contributed by atoms with van der Waals surface area (Å²) < 4.78 is 10.1. The van der Waals surface area contributed by atoms with Crippen LogP contribution in [-0.4, -0.2) is 28.5 Å². The molecule has 3 rings (SSSR count). The van der Waals surface area contributed by atoms with Crippen LogP contribution in [0.1, 0.15) is 22.7 Å². The molecule has 1 aromatic heterocycles. The van der Waals surface area contributed by atoms with Gasteiger partial charge in [-0.15, -0.1) is 0 Å². The van der Waals surface area contributed by atoms with E-state index in [9.17, 15) is 9.59 Å². The van der Waals surface area contributed by atoms with Crippen LogP contribution in [-0.2, 0) is 16.0 Å². The summed E-state index contributed by atoms with van der Waals surface area (Å²) in [4.78, 5) is 28.2. The summed E-state index contributed by atoms with van der Waals surface area (Å²) in [7, 11) is 0. The topological polar surface area (TPSA) is 82.3 Å². The van der Waals surface area contributed by atoms with E-state index in [1.807, 2.05) is 0 Å². The number of ether oxygens (including phenoxy) is 1. The SMILES string of the molecule is O=C(CCc1nc(-c2ccc(Cl)cc2)no1)OCC(=O)c1ccc(Cl)cc1Cl. The summed E-state index contributed by atoms with van der Waals surface area (Å²) in [5.74, 6) is -0.302. The van der Waals surface area contributed by atoms with Crippen LogP contribution in [0.25, 0.3) is 11.4 Å². The maximum Gasteiger partial charge on any atom is 0.306 e. The average molecular weight is 440 g/mol. The number of hydrogen-bond donors (Lipinski definition) is 0. The zero-order chi connectivity index (χ0) is 20.1. The molecule has 0 saturated carbocycles. The number of rotatable bonds is 7. The Bertz CT molecular complexity index is 1000. The molecule has 0 N–H and O–H groups in total. The number of nitrogens with zero attached hydrogens (tertiary/aromatic N) is 2. The summed E-state index contributed by atoms with van der Waals surface area (Å²) in [5.41, 5.74) is 0.982. The molecular formula is C19H13Cl3N2O4. The lowest BCUT2D eigenvalue weighted by molar-refractivity contribution is -0.142. The number of hydrogen-bond acceptors (Lipinski definition) is 6. The fraction of sp³-hybridized carbons (Fsp3) is 0.158. The Morgan fingerprint density at radius 1 is 1.00 bits per heavy atom. The molecular weight excluding hydrogens is 427 g/mol. The van der Waals surface area contributed by atoms with Gasteiger partial charge in [-0.25, -0.2) is 0 Å². The Morgan fingerprint density at radius 2 is 1.71 bits per heavy atom. The van der Waals surface area contributed by atoms with Crippen LogP contribution in [0.5, 0.6) is 0 Å². The zero-order valence-corrected chi connectivity index (χ0v) is 16.6. The van der Waals surface area contributed by atoms with Gasteiger partial charge in [0.2, 0.25) is 17.5 Å². The smallest absolute Gasteiger partial charge is 0.306 e. The molecule has 0 spiro atoms.